The molecule has 1 aliphatic rings. The lowest BCUT2D eigenvalue weighted by Gasteiger charge is -2.32. The highest BCUT2D eigenvalue weighted by Crippen LogP contribution is 2.25. The molecular formula is C16H29N5O3S. The number of rotatable bonds is 8. The molecule has 0 aromatic carbocycles. The van der Waals surface area contributed by atoms with Gasteiger partial charge in [-0.1, -0.05) is 6.42 Å². The van der Waals surface area contributed by atoms with Crippen LogP contribution in [-0.2, 0) is 10.0 Å². The van der Waals surface area contributed by atoms with Gasteiger partial charge in [-0.15, -0.1) is 0 Å². The third-order valence-electron chi connectivity index (χ3n) is 4.15. The first-order chi connectivity index (χ1) is 12.0. The SMILES string of the molecule is CCNC(=NCC(c1ccco1)N1CCCCC1)NCCS(N)(=O)=O. The molecule has 0 amide bonds. The summed E-state index contributed by atoms with van der Waals surface area (Å²) < 4.78 is 27.7. The van der Waals surface area contributed by atoms with E-state index in [1.165, 1.54) is 19.3 Å². The molecule has 9 heteroatoms. The molecule has 2 heterocycles. The molecule has 1 aromatic rings. The fourth-order valence-electron chi connectivity index (χ4n) is 2.93. The Balaban J connectivity index is 2.02. The van der Waals surface area contributed by atoms with E-state index in [2.05, 4.69) is 20.5 Å². The number of hydrogen-bond donors (Lipinski definition) is 3. The van der Waals surface area contributed by atoms with Crippen molar-refractivity contribution >= 4 is 16.0 Å². The maximum absolute atomic E-state index is 11.1. The van der Waals surface area contributed by atoms with Crippen molar-refractivity contribution in [1.82, 2.24) is 15.5 Å². The third-order valence-corrected chi connectivity index (χ3v) is 4.92. The van der Waals surface area contributed by atoms with Crippen LogP contribution in [0.2, 0.25) is 0 Å². The maximum Gasteiger partial charge on any atom is 0.210 e. The molecule has 142 valence electrons. The molecule has 0 saturated carbocycles. The summed E-state index contributed by atoms with van der Waals surface area (Å²) in [5, 5.41) is 11.2. The van der Waals surface area contributed by atoms with Crippen molar-refractivity contribution in [1.29, 1.82) is 0 Å². The normalized spacial score (nSPS) is 18.1. The predicted octanol–water partition coefficient (Wildman–Crippen LogP) is 0.650. The summed E-state index contributed by atoms with van der Waals surface area (Å²) in [6, 6.07) is 3.96. The van der Waals surface area contributed by atoms with Gasteiger partial charge in [0.2, 0.25) is 10.0 Å². The van der Waals surface area contributed by atoms with Crippen molar-refractivity contribution < 1.29 is 12.8 Å². The number of primary sulfonamides is 1. The number of nitrogens with zero attached hydrogens (tertiary/aromatic N) is 2. The second-order valence-corrected chi connectivity index (χ2v) is 7.88. The quantitative estimate of drug-likeness (QED) is 0.457. The first-order valence-electron chi connectivity index (χ1n) is 8.79. The van der Waals surface area contributed by atoms with Gasteiger partial charge >= 0.3 is 0 Å². The van der Waals surface area contributed by atoms with Gasteiger partial charge in [0.25, 0.3) is 0 Å². The van der Waals surface area contributed by atoms with Crippen LogP contribution in [0.3, 0.4) is 0 Å². The highest BCUT2D eigenvalue weighted by Gasteiger charge is 2.24. The lowest BCUT2D eigenvalue weighted by atomic mass is 10.1. The lowest BCUT2D eigenvalue weighted by Crippen LogP contribution is -2.41. The Morgan fingerprint density at radius 3 is 2.72 bits per heavy atom. The van der Waals surface area contributed by atoms with Gasteiger partial charge in [0.1, 0.15) is 5.76 Å². The molecule has 0 spiro atoms. The van der Waals surface area contributed by atoms with Gasteiger partial charge < -0.3 is 15.1 Å². The first kappa shape index (κ1) is 19.7. The molecular weight excluding hydrogens is 342 g/mol. The first-order valence-corrected chi connectivity index (χ1v) is 10.5. The van der Waals surface area contributed by atoms with E-state index in [1.807, 2.05) is 19.1 Å². The zero-order chi connectivity index (χ0) is 18.1. The van der Waals surface area contributed by atoms with Gasteiger partial charge in [0.15, 0.2) is 5.96 Å². The van der Waals surface area contributed by atoms with Crippen LogP contribution >= 0.6 is 0 Å². The fourth-order valence-corrected chi connectivity index (χ4v) is 3.31. The van der Waals surface area contributed by atoms with Gasteiger partial charge in [-0.25, -0.2) is 13.6 Å². The minimum absolute atomic E-state index is 0.0870. The van der Waals surface area contributed by atoms with Crippen LogP contribution in [0.1, 0.15) is 38.0 Å². The Hall–Kier alpha value is -1.58. The lowest BCUT2D eigenvalue weighted by molar-refractivity contribution is 0.150. The Morgan fingerprint density at radius 2 is 2.12 bits per heavy atom. The van der Waals surface area contributed by atoms with Gasteiger partial charge in [0.05, 0.1) is 24.6 Å². The second kappa shape index (κ2) is 9.79. The molecule has 1 aliphatic heterocycles. The van der Waals surface area contributed by atoms with Crippen LogP contribution < -0.4 is 15.8 Å². The number of likely N-dealkylation sites (tertiary alicyclic amines) is 1. The van der Waals surface area contributed by atoms with Crippen LogP contribution in [-0.4, -0.2) is 57.8 Å². The van der Waals surface area contributed by atoms with E-state index < -0.39 is 10.0 Å². The molecule has 1 unspecified atom stereocenters. The van der Waals surface area contributed by atoms with Crippen molar-refractivity contribution in [2.45, 2.75) is 32.2 Å². The number of sulfonamides is 1. The van der Waals surface area contributed by atoms with Crippen molar-refractivity contribution in [3.05, 3.63) is 24.2 Å². The topological polar surface area (TPSA) is 113 Å². The molecule has 1 saturated heterocycles. The summed E-state index contributed by atoms with van der Waals surface area (Å²) in [4.78, 5) is 7.02. The summed E-state index contributed by atoms with van der Waals surface area (Å²) >= 11 is 0. The minimum atomic E-state index is -3.49. The Bertz CT molecular complexity index is 624. The van der Waals surface area contributed by atoms with Crippen molar-refractivity contribution in [3.63, 3.8) is 0 Å². The number of hydrogen-bond acceptors (Lipinski definition) is 5. The molecule has 0 aliphatic carbocycles. The smallest absolute Gasteiger partial charge is 0.210 e. The summed E-state index contributed by atoms with van der Waals surface area (Å²) in [6.45, 7) is 5.49. The number of furan rings is 1. The number of piperidine rings is 1. The van der Waals surface area contributed by atoms with Crippen LogP contribution in [0.5, 0.6) is 0 Å². The number of nitrogens with two attached hydrogens (primary N) is 1. The Morgan fingerprint density at radius 1 is 1.36 bits per heavy atom. The van der Waals surface area contributed by atoms with E-state index in [4.69, 9.17) is 9.56 Å². The molecule has 4 N–H and O–H groups in total. The van der Waals surface area contributed by atoms with Crippen molar-refractivity contribution in [2.24, 2.45) is 10.1 Å². The van der Waals surface area contributed by atoms with E-state index in [9.17, 15) is 8.42 Å². The zero-order valence-electron chi connectivity index (χ0n) is 14.8. The maximum atomic E-state index is 11.1. The standard InChI is InChI=1S/C16H29N5O3S/c1-2-18-16(19-8-12-25(17,22)23)20-13-14(15-7-6-11-24-15)21-9-4-3-5-10-21/h6-7,11,14H,2-5,8-10,12-13H2,1H3,(H2,17,22,23)(H2,18,19,20). The molecule has 1 aromatic heterocycles. The summed E-state index contributed by atoms with van der Waals surface area (Å²) in [5.41, 5.74) is 0. The van der Waals surface area contributed by atoms with E-state index >= 15 is 0 Å². The highest BCUT2D eigenvalue weighted by molar-refractivity contribution is 7.89. The summed E-state index contributed by atoms with van der Waals surface area (Å²) in [6.07, 6.45) is 5.33. The Kier molecular flexibility index (Phi) is 7.73. The van der Waals surface area contributed by atoms with Crippen LogP contribution in [0.25, 0.3) is 0 Å². The van der Waals surface area contributed by atoms with Gasteiger partial charge in [-0.3, -0.25) is 9.89 Å². The molecule has 8 nitrogen and oxygen atoms in total. The highest BCUT2D eigenvalue weighted by atomic mass is 32.2. The number of aliphatic imine (C=N–C) groups is 1. The van der Waals surface area contributed by atoms with E-state index in [0.29, 0.717) is 19.0 Å². The molecule has 1 fully saturated rings. The molecule has 25 heavy (non-hydrogen) atoms. The molecule has 1 atom stereocenters. The molecule has 2 rings (SSSR count). The number of guanidine groups is 1. The summed E-state index contributed by atoms with van der Waals surface area (Å²) in [7, 11) is -3.49. The van der Waals surface area contributed by atoms with Crippen LogP contribution in [0.15, 0.2) is 27.8 Å². The monoisotopic (exact) mass is 371 g/mol. The second-order valence-electron chi connectivity index (χ2n) is 6.14. The molecule has 0 radical (unpaired) electrons. The van der Waals surface area contributed by atoms with Crippen molar-refractivity contribution in [2.75, 3.05) is 38.5 Å². The van der Waals surface area contributed by atoms with E-state index in [0.717, 1.165) is 18.8 Å². The fraction of sp³-hybridized carbons (Fsp3) is 0.688. The minimum Gasteiger partial charge on any atom is -0.468 e. The summed E-state index contributed by atoms with van der Waals surface area (Å²) in [5.74, 6) is 1.36. The van der Waals surface area contributed by atoms with Gasteiger partial charge in [-0.05, 0) is 45.0 Å². The van der Waals surface area contributed by atoms with Crippen LogP contribution in [0, 0.1) is 0 Å². The zero-order valence-corrected chi connectivity index (χ0v) is 15.6. The largest absolute Gasteiger partial charge is 0.468 e. The van der Waals surface area contributed by atoms with Gasteiger partial charge in [-0.2, -0.15) is 0 Å². The van der Waals surface area contributed by atoms with Gasteiger partial charge in [0, 0.05) is 13.1 Å². The van der Waals surface area contributed by atoms with Crippen molar-refractivity contribution in [3.8, 4) is 0 Å². The van der Waals surface area contributed by atoms with E-state index in [-0.39, 0.29) is 18.3 Å². The van der Waals surface area contributed by atoms with Crippen LogP contribution in [0.4, 0.5) is 0 Å². The van der Waals surface area contributed by atoms with E-state index in [1.54, 1.807) is 6.26 Å². The Labute approximate surface area is 149 Å². The third kappa shape index (κ3) is 7.05. The molecule has 0 bridgehead atoms. The number of nitrogens with one attached hydrogen (secondary N) is 2. The average Bonchev–Trinajstić information content (AvgIpc) is 3.09. The predicted molar refractivity (Wildman–Crippen MR) is 98.8 cm³/mol. The average molecular weight is 372 g/mol.